The maximum atomic E-state index is 15.8. The highest BCUT2D eigenvalue weighted by Gasteiger charge is 2.49. The van der Waals surface area contributed by atoms with E-state index in [1.165, 1.54) is 40.0 Å². The first kappa shape index (κ1) is 33.7. The molecule has 1 aromatic heterocycles. The van der Waals surface area contributed by atoms with Gasteiger partial charge in [0.1, 0.15) is 23.6 Å². The summed E-state index contributed by atoms with van der Waals surface area (Å²) in [6.07, 6.45) is -6.37. The first-order valence-corrected chi connectivity index (χ1v) is 13.4. The number of aromatic nitrogens is 2. The van der Waals surface area contributed by atoms with Crippen LogP contribution in [0.5, 0.6) is 11.5 Å². The molecule has 0 bridgehead atoms. The average Bonchev–Trinajstić information content (AvgIpc) is 3.22. The lowest BCUT2D eigenvalue weighted by Crippen LogP contribution is -2.47. The third-order valence-corrected chi connectivity index (χ3v) is 7.04. The van der Waals surface area contributed by atoms with E-state index in [2.05, 4.69) is 10.3 Å². The van der Waals surface area contributed by atoms with Gasteiger partial charge < -0.3 is 30.0 Å². The molecule has 1 amide bonds. The van der Waals surface area contributed by atoms with Crippen LogP contribution in [0.4, 0.5) is 4.39 Å². The summed E-state index contributed by atoms with van der Waals surface area (Å²) in [5, 5.41) is 2.91. The van der Waals surface area contributed by atoms with Crippen LogP contribution in [0.3, 0.4) is 0 Å². The quantitative estimate of drug-likeness (QED) is 0.309. The van der Waals surface area contributed by atoms with Gasteiger partial charge in [-0.15, -0.1) is 12.4 Å². The molecule has 0 radical (unpaired) electrons. The SMILES string of the molecule is Cl.[2H]C(C)(C)[C@H](N)C(=O)O[C@H]1[C@H](F)C(n2cc(CC)c(=O)[nH]c2=O)O[C@@H]1CNC(=O)[C@@H](C)Oc1cc(OC)c(Cl)cc1Cl. The van der Waals surface area contributed by atoms with Gasteiger partial charge in [0.2, 0.25) is 0 Å². The second-order valence-corrected chi connectivity index (χ2v) is 10.4. The number of H-pyrrole nitrogens is 1. The molecule has 0 spiro atoms. The lowest BCUT2D eigenvalue weighted by molar-refractivity contribution is -0.156. The second kappa shape index (κ2) is 15.1. The molecular formula is C26H34Cl3FN4O8. The fraction of sp³-hybridized carbons (Fsp3) is 0.538. The van der Waals surface area contributed by atoms with Crippen LogP contribution in [0.1, 0.15) is 40.9 Å². The van der Waals surface area contributed by atoms with Crippen LogP contribution in [-0.4, -0.2) is 65.6 Å². The van der Waals surface area contributed by atoms with E-state index in [0.29, 0.717) is 0 Å². The van der Waals surface area contributed by atoms with E-state index in [1.54, 1.807) is 6.92 Å². The van der Waals surface area contributed by atoms with Crippen molar-refractivity contribution in [3.05, 3.63) is 54.8 Å². The Labute approximate surface area is 258 Å². The summed E-state index contributed by atoms with van der Waals surface area (Å²) >= 11 is 12.2. The third kappa shape index (κ3) is 7.95. The number of carbonyl (C=O) groups is 2. The first-order valence-electron chi connectivity index (χ1n) is 13.2. The van der Waals surface area contributed by atoms with E-state index in [0.717, 1.165) is 10.8 Å². The van der Waals surface area contributed by atoms with Crippen LogP contribution < -0.4 is 31.8 Å². The fourth-order valence-electron chi connectivity index (χ4n) is 3.98. The van der Waals surface area contributed by atoms with Gasteiger partial charge in [-0.05, 0) is 25.3 Å². The molecule has 6 atom stereocenters. The standard InChI is InChI=1S/C26H33Cl2FN4O8.ClH/c1-6-13-10-33(26(37)32-23(13)35)24-19(29)21(41-25(36)20(30)11(2)3)18(40-24)9-31-22(34)12(4)39-17-8-16(38-5)14(27)7-15(17)28;/h7-8,10-12,18-21,24H,6,9,30H2,1-5H3,(H,31,34)(H,32,35,37);1H/t12-,18-,19+,20+,21-,24?;/m1./s1/i11D;. The van der Waals surface area contributed by atoms with Crippen molar-refractivity contribution in [1.29, 1.82) is 0 Å². The minimum Gasteiger partial charge on any atom is -0.495 e. The molecule has 1 saturated heterocycles. The maximum absolute atomic E-state index is 15.8. The average molecular weight is 657 g/mol. The number of nitrogens with zero attached hydrogens (tertiary/aromatic N) is 1. The summed E-state index contributed by atoms with van der Waals surface area (Å²) in [4.78, 5) is 52.2. The number of aryl methyl sites for hydroxylation is 1. The van der Waals surface area contributed by atoms with Gasteiger partial charge in [-0.1, -0.05) is 44.0 Å². The van der Waals surface area contributed by atoms with Crippen LogP contribution in [-0.2, 0) is 25.5 Å². The molecule has 1 aliphatic rings. The number of hydrogen-bond donors (Lipinski definition) is 3. The lowest BCUT2D eigenvalue weighted by atomic mass is 10.1. The van der Waals surface area contributed by atoms with Crippen molar-refractivity contribution in [3.8, 4) is 11.5 Å². The largest absolute Gasteiger partial charge is 0.495 e. The molecule has 0 saturated carbocycles. The van der Waals surface area contributed by atoms with Crippen LogP contribution in [0, 0.1) is 5.89 Å². The molecular weight excluding hydrogens is 622 g/mol. The van der Waals surface area contributed by atoms with E-state index in [4.69, 9.17) is 49.3 Å². The summed E-state index contributed by atoms with van der Waals surface area (Å²) < 4.78 is 46.6. The smallest absolute Gasteiger partial charge is 0.330 e. The highest BCUT2D eigenvalue weighted by atomic mass is 35.5. The van der Waals surface area contributed by atoms with Gasteiger partial charge in [0.05, 0.1) is 17.2 Å². The number of amides is 1. The second-order valence-electron chi connectivity index (χ2n) is 9.56. The zero-order chi connectivity index (χ0) is 31.5. The van der Waals surface area contributed by atoms with Crippen LogP contribution in [0.2, 0.25) is 10.0 Å². The molecule has 2 heterocycles. The van der Waals surface area contributed by atoms with Crippen molar-refractivity contribution in [2.24, 2.45) is 11.6 Å². The van der Waals surface area contributed by atoms with E-state index in [9.17, 15) is 19.2 Å². The molecule has 2 aromatic rings. The molecule has 16 heteroatoms. The number of nitrogens with one attached hydrogen (secondary N) is 2. The Balaban J connectivity index is 0.00000645. The van der Waals surface area contributed by atoms with Gasteiger partial charge in [0.15, 0.2) is 24.6 Å². The highest BCUT2D eigenvalue weighted by molar-refractivity contribution is 6.36. The molecule has 1 aromatic carbocycles. The van der Waals surface area contributed by atoms with Crippen molar-refractivity contribution < 1.29 is 34.3 Å². The Morgan fingerprint density at radius 3 is 2.48 bits per heavy atom. The number of benzene rings is 1. The number of ether oxygens (including phenoxy) is 4. The summed E-state index contributed by atoms with van der Waals surface area (Å²) in [6, 6.07) is 1.36. The predicted molar refractivity (Wildman–Crippen MR) is 156 cm³/mol. The molecule has 4 N–H and O–H groups in total. The normalized spacial score (nSPS) is 21.9. The monoisotopic (exact) mass is 655 g/mol. The number of esters is 1. The summed E-state index contributed by atoms with van der Waals surface area (Å²) in [6.45, 7) is 5.49. The molecule has 12 nitrogen and oxygen atoms in total. The molecule has 1 unspecified atom stereocenters. The van der Waals surface area contributed by atoms with Gasteiger partial charge in [-0.25, -0.2) is 9.18 Å². The first-order chi connectivity index (χ1) is 19.6. The number of methoxy groups -OCH3 is 1. The van der Waals surface area contributed by atoms with Crippen LogP contribution >= 0.6 is 35.6 Å². The van der Waals surface area contributed by atoms with Crippen LogP contribution in [0.15, 0.2) is 27.9 Å². The fourth-order valence-corrected chi connectivity index (χ4v) is 4.49. The summed E-state index contributed by atoms with van der Waals surface area (Å²) in [7, 11) is 1.40. The van der Waals surface area contributed by atoms with E-state index in [-0.39, 0.29) is 52.5 Å². The van der Waals surface area contributed by atoms with Crippen molar-refractivity contribution in [1.82, 2.24) is 14.9 Å². The zero-order valence-electron chi connectivity index (χ0n) is 24.4. The van der Waals surface area contributed by atoms with Gasteiger partial charge >= 0.3 is 11.7 Å². The van der Waals surface area contributed by atoms with E-state index >= 15 is 4.39 Å². The Morgan fingerprint density at radius 2 is 1.88 bits per heavy atom. The molecule has 0 aliphatic carbocycles. The topological polar surface area (TPSA) is 164 Å². The summed E-state index contributed by atoms with van der Waals surface area (Å²) in [5.41, 5.74) is 4.45. The number of hydrogen-bond acceptors (Lipinski definition) is 9. The Morgan fingerprint density at radius 1 is 1.24 bits per heavy atom. The predicted octanol–water partition coefficient (Wildman–Crippen LogP) is 2.55. The molecule has 1 fully saturated rings. The molecule has 234 valence electrons. The van der Waals surface area contributed by atoms with Crippen molar-refractivity contribution in [3.63, 3.8) is 0 Å². The van der Waals surface area contributed by atoms with Crippen LogP contribution in [0.25, 0.3) is 0 Å². The number of carbonyl (C=O) groups excluding carboxylic acids is 2. The van der Waals surface area contributed by atoms with Crippen molar-refractivity contribution in [2.45, 2.75) is 70.9 Å². The maximum Gasteiger partial charge on any atom is 0.330 e. The van der Waals surface area contributed by atoms with Gasteiger partial charge in [-0.3, -0.25) is 23.9 Å². The Hall–Kier alpha value is -2.84. The number of halogens is 4. The number of alkyl halides is 1. The zero-order valence-corrected chi connectivity index (χ0v) is 25.8. The van der Waals surface area contributed by atoms with Gasteiger partial charge in [-0.2, -0.15) is 0 Å². The number of nitrogens with two attached hydrogens (primary N) is 1. The molecule has 1 aliphatic heterocycles. The number of aromatic amines is 1. The Bertz CT molecular complexity index is 1440. The minimum absolute atomic E-state index is 0. The lowest BCUT2D eigenvalue weighted by Gasteiger charge is -2.23. The Kier molecular flexibility index (Phi) is 12.1. The van der Waals surface area contributed by atoms with Crippen molar-refractivity contribution in [2.75, 3.05) is 13.7 Å². The van der Waals surface area contributed by atoms with Crippen molar-refractivity contribution >= 4 is 47.5 Å². The molecule has 42 heavy (non-hydrogen) atoms. The van der Waals surface area contributed by atoms with E-state index < -0.39 is 65.8 Å². The minimum atomic E-state index is -2.11. The van der Waals surface area contributed by atoms with Gasteiger partial charge in [0.25, 0.3) is 11.5 Å². The van der Waals surface area contributed by atoms with E-state index in [1.807, 2.05) is 0 Å². The highest BCUT2D eigenvalue weighted by Crippen LogP contribution is 2.36. The number of rotatable bonds is 11. The van der Waals surface area contributed by atoms with Gasteiger partial charge in [0, 0.05) is 25.7 Å². The summed E-state index contributed by atoms with van der Waals surface area (Å²) in [5.74, 6) is -2.80. The molecule has 3 rings (SSSR count). The third-order valence-electron chi connectivity index (χ3n) is 6.45.